The van der Waals surface area contributed by atoms with Gasteiger partial charge in [0.15, 0.2) is 0 Å². The minimum Gasteiger partial charge on any atom is -0.392 e. The molecule has 2 N–H and O–H groups in total. The molecule has 2 atom stereocenters. The van der Waals surface area contributed by atoms with Gasteiger partial charge in [-0.3, -0.25) is 0 Å². The van der Waals surface area contributed by atoms with Crippen LogP contribution < -0.4 is 5.32 Å². The fourth-order valence-corrected chi connectivity index (χ4v) is 1.11. The minimum absolute atomic E-state index is 0.0706. The lowest BCUT2D eigenvalue weighted by Crippen LogP contribution is -2.48. The van der Waals surface area contributed by atoms with Crippen molar-refractivity contribution in [2.24, 2.45) is 5.92 Å². The van der Waals surface area contributed by atoms with E-state index in [1.165, 1.54) is 0 Å². The third-order valence-electron chi connectivity index (χ3n) is 2.03. The second-order valence-corrected chi connectivity index (χ2v) is 3.55. The molecule has 0 aliphatic heterocycles. The summed E-state index contributed by atoms with van der Waals surface area (Å²) < 4.78 is 0. The summed E-state index contributed by atoms with van der Waals surface area (Å²) in [5, 5.41) is 12.5. The molecule has 0 amide bonds. The normalized spacial score (nSPS) is 32.4. The van der Waals surface area contributed by atoms with Crippen LogP contribution >= 0.6 is 0 Å². The average molecular weight is 143 g/mol. The highest BCUT2D eigenvalue weighted by Crippen LogP contribution is 2.19. The van der Waals surface area contributed by atoms with Gasteiger partial charge in [-0.2, -0.15) is 0 Å². The quantitative estimate of drug-likeness (QED) is 0.611. The summed E-state index contributed by atoms with van der Waals surface area (Å²) >= 11 is 0. The Morgan fingerprint density at radius 1 is 1.50 bits per heavy atom. The Balaban J connectivity index is 2.03. The lowest BCUT2D eigenvalue weighted by molar-refractivity contribution is 0.0488. The summed E-state index contributed by atoms with van der Waals surface area (Å²) in [6.07, 6.45) is 2.06. The van der Waals surface area contributed by atoms with E-state index in [-0.39, 0.29) is 6.10 Å². The number of hydrogen-bond donors (Lipinski definition) is 2. The van der Waals surface area contributed by atoms with Gasteiger partial charge in [0, 0.05) is 6.04 Å². The SMILES string of the molecule is CC(C)CN[C@H]1CC[C@H]1O. The van der Waals surface area contributed by atoms with E-state index < -0.39 is 0 Å². The highest BCUT2D eigenvalue weighted by atomic mass is 16.3. The van der Waals surface area contributed by atoms with E-state index in [9.17, 15) is 0 Å². The van der Waals surface area contributed by atoms with E-state index in [4.69, 9.17) is 5.11 Å². The van der Waals surface area contributed by atoms with Crippen LogP contribution in [0.1, 0.15) is 26.7 Å². The van der Waals surface area contributed by atoms with Crippen molar-refractivity contribution in [1.29, 1.82) is 0 Å². The van der Waals surface area contributed by atoms with Gasteiger partial charge >= 0.3 is 0 Å². The van der Waals surface area contributed by atoms with Crippen molar-refractivity contribution in [3.8, 4) is 0 Å². The van der Waals surface area contributed by atoms with Crippen molar-refractivity contribution in [2.45, 2.75) is 38.8 Å². The van der Waals surface area contributed by atoms with Crippen molar-refractivity contribution in [3.05, 3.63) is 0 Å². The predicted molar refractivity (Wildman–Crippen MR) is 41.9 cm³/mol. The van der Waals surface area contributed by atoms with Crippen molar-refractivity contribution in [1.82, 2.24) is 5.32 Å². The van der Waals surface area contributed by atoms with Crippen LogP contribution in [0.5, 0.6) is 0 Å². The molecule has 1 aliphatic rings. The highest BCUT2D eigenvalue weighted by molar-refractivity contribution is 4.86. The molecule has 10 heavy (non-hydrogen) atoms. The number of nitrogens with one attached hydrogen (secondary N) is 1. The summed E-state index contributed by atoms with van der Waals surface area (Å²) in [6.45, 7) is 5.39. The van der Waals surface area contributed by atoms with Crippen LogP contribution in [0, 0.1) is 5.92 Å². The Morgan fingerprint density at radius 3 is 2.50 bits per heavy atom. The number of rotatable bonds is 3. The van der Waals surface area contributed by atoms with E-state index in [2.05, 4.69) is 19.2 Å². The molecule has 0 saturated heterocycles. The van der Waals surface area contributed by atoms with E-state index in [0.29, 0.717) is 12.0 Å². The molecular formula is C8H17NO. The molecule has 0 heterocycles. The smallest absolute Gasteiger partial charge is 0.0693 e. The van der Waals surface area contributed by atoms with Crippen molar-refractivity contribution < 1.29 is 5.11 Å². The Morgan fingerprint density at radius 2 is 2.20 bits per heavy atom. The topological polar surface area (TPSA) is 32.3 Å². The van der Waals surface area contributed by atoms with Gasteiger partial charge in [0.25, 0.3) is 0 Å². The molecule has 1 aliphatic carbocycles. The van der Waals surface area contributed by atoms with Gasteiger partial charge in [0.2, 0.25) is 0 Å². The summed E-state index contributed by atoms with van der Waals surface area (Å²) in [7, 11) is 0. The van der Waals surface area contributed by atoms with Crippen LogP contribution in [0.3, 0.4) is 0 Å². The van der Waals surface area contributed by atoms with Crippen LogP contribution in [0.25, 0.3) is 0 Å². The van der Waals surface area contributed by atoms with Crippen LogP contribution in [0.4, 0.5) is 0 Å². The second-order valence-electron chi connectivity index (χ2n) is 3.55. The molecule has 60 valence electrons. The fraction of sp³-hybridized carbons (Fsp3) is 1.00. The summed E-state index contributed by atoms with van der Waals surface area (Å²) in [4.78, 5) is 0. The summed E-state index contributed by atoms with van der Waals surface area (Å²) in [5.41, 5.74) is 0. The van der Waals surface area contributed by atoms with Gasteiger partial charge in [-0.25, -0.2) is 0 Å². The molecule has 0 aromatic rings. The van der Waals surface area contributed by atoms with Crippen LogP contribution in [0.15, 0.2) is 0 Å². The average Bonchev–Trinajstić information content (AvgIpc) is 1.84. The minimum atomic E-state index is -0.0706. The molecule has 0 aromatic heterocycles. The molecule has 0 aromatic carbocycles. The Kier molecular flexibility index (Phi) is 2.69. The molecule has 0 unspecified atom stereocenters. The number of hydrogen-bond acceptors (Lipinski definition) is 2. The maximum Gasteiger partial charge on any atom is 0.0693 e. The molecule has 0 spiro atoms. The van der Waals surface area contributed by atoms with Crippen LogP contribution in [-0.4, -0.2) is 23.8 Å². The number of aliphatic hydroxyl groups is 1. The third-order valence-corrected chi connectivity index (χ3v) is 2.03. The molecule has 2 nitrogen and oxygen atoms in total. The first-order valence-corrected chi connectivity index (χ1v) is 4.11. The van der Waals surface area contributed by atoms with Crippen molar-refractivity contribution in [3.63, 3.8) is 0 Å². The molecular weight excluding hydrogens is 126 g/mol. The maximum atomic E-state index is 9.16. The number of aliphatic hydroxyl groups excluding tert-OH is 1. The zero-order valence-corrected chi connectivity index (χ0v) is 6.80. The van der Waals surface area contributed by atoms with Crippen molar-refractivity contribution >= 4 is 0 Å². The van der Waals surface area contributed by atoms with Gasteiger partial charge in [-0.05, 0) is 25.3 Å². The lowest BCUT2D eigenvalue weighted by atomic mass is 9.89. The van der Waals surface area contributed by atoms with Crippen LogP contribution in [0.2, 0.25) is 0 Å². The zero-order chi connectivity index (χ0) is 7.56. The van der Waals surface area contributed by atoms with Gasteiger partial charge in [-0.1, -0.05) is 13.8 Å². The Labute approximate surface area is 62.6 Å². The largest absolute Gasteiger partial charge is 0.392 e. The molecule has 2 heteroatoms. The second kappa shape index (κ2) is 3.35. The lowest BCUT2D eigenvalue weighted by Gasteiger charge is -2.33. The summed E-state index contributed by atoms with van der Waals surface area (Å²) in [6, 6.07) is 0.391. The first kappa shape index (κ1) is 8.02. The summed E-state index contributed by atoms with van der Waals surface area (Å²) in [5.74, 6) is 0.688. The van der Waals surface area contributed by atoms with Crippen molar-refractivity contribution in [2.75, 3.05) is 6.54 Å². The standard InChI is InChI=1S/C8H17NO/c1-6(2)5-9-7-3-4-8(7)10/h6-10H,3-5H2,1-2H3/t7-,8+/m0/s1. The van der Waals surface area contributed by atoms with Gasteiger partial charge in [0.1, 0.15) is 0 Å². The Hall–Kier alpha value is -0.0800. The van der Waals surface area contributed by atoms with Gasteiger partial charge in [-0.15, -0.1) is 0 Å². The molecule has 1 fully saturated rings. The van der Waals surface area contributed by atoms with E-state index in [1.807, 2.05) is 0 Å². The maximum absolute atomic E-state index is 9.16. The third kappa shape index (κ3) is 1.96. The van der Waals surface area contributed by atoms with E-state index in [1.54, 1.807) is 0 Å². The van der Waals surface area contributed by atoms with Crippen LogP contribution in [-0.2, 0) is 0 Å². The van der Waals surface area contributed by atoms with E-state index in [0.717, 1.165) is 19.4 Å². The van der Waals surface area contributed by atoms with Gasteiger partial charge < -0.3 is 10.4 Å². The molecule has 1 saturated carbocycles. The fourth-order valence-electron chi connectivity index (χ4n) is 1.11. The van der Waals surface area contributed by atoms with E-state index >= 15 is 0 Å². The Bertz CT molecular complexity index is 103. The highest BCUT2D eigenvalue weighted by Gasteiger charge is 2.27. The first-order chi connectivity index (χ1) is 4.70. The first-order valence-electron chi connectivity index (χ1n) is 4.11. The molecule has 0 radical (unpaired) electrons. The molecule has 1 rings (SSSR count). The zero-order valence-electron chi connectivity index (χ0n) is 6.80. The predicted octanol–water partition coefficient (Wildman–Crippen LogP) is 0.755. The monoisotopic (exact) mass is 143 g/mol. The molecule has 0 bridgehead atoms. The van der Waals surface area contributed by atoms with Gasteiger partial charge in [0.05, 0.1) is 6.10 Å².